The normalized spacial score (nSPS) is 21.9. The molecule has 0 unspecified atom stereocenters. The number of carboxylic acid groups (broad SMARTS) is 1. The maximum Gasteiger partial charge on any atom is 0.433 e. The minimum atomic E-state index is -4.66. The van der Waals surface area contributed by atoms with Crippen LogP contribution in [-0.2, 0) is 11.0 Å². The number of alkyl halides is 3. The van der Waals surface area contributed by atoms with Gasteiger partial charge in [0.2, 0.25) is 0 Å². The largest absolute Gasteiger partial charge is 0.480 e. The fraction of sp³-hybridized carbons (Fsp3) is 0.500. The van der Waals surface area contributed by atoms with E-state index in [9.17, 15) is 27.9 Å². The summed E-state index contributed by atoms with van der Waals surface area (Å²) in [7, 11) is 0. The zero-order valence-corrected chi connectivity index (χ0v) is 11.8. The Hall–Kier alpha value is -2.12. The Morgan fingerprint density at radius 3 is 2.64 bits per heavy atom. The van der Waals surface area contributed by atoms with Gasteiger partial charge in [0.25, 0.3) is 5.91 Å². The van der Waals surface area contributed by atoms with Crippen LogP contribution in [0.5, 0.6) is 0 Å². The summed E-state index contributed by atoms with van der Waals surface area (Å²) < 4.78 is 38.0. The van der Waals surface area contributed by atoms with Gasteiger partial charge in [-0.15, -0.1) is 0 Å². The minimum absolute atomic E-state index is 0.200. The van der Waals surface area contributed by atoms with Gasteiger partial charge in [-0.1, -0.05) is 6.92 Å². The Morgan fingerprint density at radius 1 is 1.41 bits per heavy atom. The average molecular weight is 316 g/mol. The van der Waals surface area contributed by atoms with Crippen LogP contribution in [-0.4, -0.2) is 39.0 Å². The highest BCUT2D eigenvalue weighted by molar-refractivity contribution is 5.97. The van der Waals surface area contributed by atoms with Crippen molar-refractivity contribution in [3.05, 3.63) is 29.6 Å². The number of hydrogen-bond acceptors (Lipinski definition) is 3. The summed E-state index contributed by atoms with van der Waals surface area (Å²) in [6.07, 6.45) is -2.37. The van der Waals surface area contributed by atoms with E-state index in [1.807, 2.05) is 6.92 Å². The van der Waals surface area contributed by atoms with Gasteiger partial charge in [0.05, 0.1) is 0 Å². The van der Waals surface area contributed by atoms with Crippen LogP contribution in [0.1, 0.15) is 42.2 Å². The van der Waals surface area contributed by atoms with Gasteiger partial charge in [-0.25, -0.2) is 4.79 Å². The van der Waals surface area contributed by atoms with Crippen LogP contribution in [0, 0.1) is 0 Å². The number of likely N-dealkylation sites (tertiary alicyclic amines) is 1. The molecule has 1 aliphatic rings. The average Bonchev–Trinajstić information content (AvgIpc) is 2.89. The molecule has 0 aromatic carbocycles. The molecule has 0 radical (unpaired) electrons. The molecule has 1 aliphatic heterocycles. The van der Waals surface area contributed by atoms with E-state index in [-0.39, 0.29) is 11.6 Å². The maximum atomic E-state index is 12.7. The summed E-state index contributed by atoms with van der Waals surface area (Å²) in [5.41, 5.74) is -1.37. The Bertz CT molecular complexity index is 589. The third-order valence-electron chi connectivity index (χ3n) is 3.79. The number of amides is 1. The van der Waals surface area contributed by atoms with Crippen molar-refractivity contribution >= 4 is 11.9 Å². The van der Waals surface area contributed by atoms with Crippen LogP contribution in [0.2, 0.25) is 0 Å². The molecule has 2 heterocycles. The van der Waals surface area contributed by atoms with Gasteiger partial charge in [-0.3, -0.25) is 9.78 Å². The fourth-order valence-corrected chi connectivity index (χ4v) is 2.70. The fourth-order valence-electron chi connectivity index (χ4n) is 2.70. The molecule has 0 bridgehead atoms. The monoisotopic (exact) mass is 316 g/mol. The lowest BCUT2D eigenvalue weighted by Crippen LogP contribution is -2.44. The van der Waals surface area contributed by atoms with Crippen LogP contribution < -0.4 is 0 Å². The number of rotatable bonds is 3. The molecule has 5 nitrogen and oxygen atoms in total. The molecule has 1 fully saturated rings. The predicted octanol–water partition coefficient (Wildman–Crippen LogP) is 2.57. The second-order valence-corrected chi connectivity index (χ2v) is 5.13. The summed E-state index contributed by atoms with van der Waals surface area (Å²) >= 11 is 0. The molecule has 8 heteroatoms. The van der Waals surface area contributed by atoms with Gasteiger partial charge in [0.1, 0.15) is 11.7 Å². The van der Waals surface area contributed by atoms with Crippen molar-refractivity contribution in [1.82, 2.24) is 9.88 Å². The van der Waals surface area contributed by atoms with E-state index in [1.54, 1.807) is 0 Å². The number of carbonyl (C=O) groups is 2. The van der Waals surface area contributed by atoms with Crippen molar-refractivity contribution in [2.75, 3.05) is 0 Å². The van der Waals surface area contributed by atoms with Crippen molar-refractivity contribution < 1.29 is 27.9 Å². The molecule has 1 N–H and O–H groups in total. The van der Waals surface area contributed by atoms with E-state index in [2.05, 4.69) is 4.98 Å². The van der Waals surface area contributed by atoms with Crippen LogP contribution in [0.15, 0.2) is 18.3 Å². The SMILES string of the molecule is CC[C@@H]1CC[C@H](C(=O)O)N1C(=O)c1ccnc(C(F)(F)F)c1. The molecule has 0 saturated carbocycles. The molecule has 0 aliphatic carbocycles. The number of aliphatic carboxylic acids is 1. The molecule has 22 heavy (non-hydrogen) atoms. The van der Waals surface area contributed by atoms with E-state index in [1.165, 1.54) is 11.0 Å². The number of carboxylic acids is 1. The standard InChI is InChI=1S/C14H15F3N2O3/c1-2-9-3-4-10(13(21)22)19(9)12(20)8-5-6-18-11(7-8)14(15,16)17/h5-7,9-10H,2-4H2,1H3,(H,21,22)/t9-,10-/m1/s1. The van der Waals surface area contributed by atoms with Gasteiger partial charge in [0.15, 0.2) is 0 Å². The Labute approximate surface area is 124 Å². The molecule has 1 aromatic rings. The van der Waals surface area contributed by atoms with Gasteiger partial charge in [0, 0.05) is 17.8 Å². The topological polar surface area (TPSA) is 70.5 Å². The molecule has 1 amide bonds. The Balaban J connectivity index is 2.35. The number of carbonyl (C=O) groups excluding carboxylic acids is 1. The van der Waals surface area contributed by atoms with E-state index in [0.717, 1.165) is 6.20 Å². The first-order valence-corrected chi connectivity index (χ1v) is 6.84. The third kappa shape index (κ3) is 3.05. The smallest absolute Gasteiger partial charge is 0.433 e. The highest BCUT2D eigenvalue weighted by Crippen LogP contribution is 2.31. The Morgan fingerprint density at radius 2 is 2.09 bits per heavy atom. The first-order chi connectivity index (χ1) is 10.3. The predicted molar refractivity (Wildman–Crippen MR) is 70.1 cm³/mol. The molecule has 120 valence electrons. The number of aromatic nitrogens is 1. The molecule has 1 saturated heterocycles. The molecule has 0 spiro atoms. The second-order valence-electron chi connectivity index (χ2n) is 5.13. The van der Waals surface area contributed by atoms with Crippen LogP contribution in [0.25, 0.3) is 0 Å². The van der Waals surface area contributed by atoms with Crippen LogP contribution in [0.3, 0.4) is 0 Å². The number of halogens is 3. The third-order valence-corrected chi connectivity index (χ3v) is 3.79. The number of nitrogens with zero attached hydrogens (tertiary/aromatic N) is 2. The first kappa shape index (κ1) is 16.3. The van der Waals surface area contributed by atoms with Gasteiger partial charge in [-0.05, 0) is 31.4 Å². The van der Waals surface area contributed by atoms with Crippen molar-refractivity contribution in [2.45, 2.75) is 44.4 Å². The van der Waals surface area contributed by atoms with Gasteiger partial charge in [-0.2, -0.15) is 13.2 Å². The number of pyridine rings is 1. The lowest BCUT2D eigenvalue weighted by atomic mass is 10.1. The lowest BCUT2D eigenvalue weighted by molar-refractivity contribution is -0.142. The maximum absolute atomic E-state index is 12.7. The summed E-state index contributed by atoms with van der Waals surface area (Å²) in [5, 5.41) is 9.19. The summed E-state index contributed by atoms with van der Waals surface area (Å²) in [6.45, 7) is 1.81. The first-order valence-electron chi connectivity index (χ1n) is 6.84. The van der Waals surface area contributed by atoms with Crippen LogP contribution in [0.4, 0.5) is 13.2 Å². The zero-order valence-electron chi connectivity index (χ0n) is 11.8. The van der Waals surface area contributed by atoms with Crippen LogP contribution >= 0.6 is 0 Å². The van der Waals surface area contributed by atoms with Crippen molar-refractivity contribution in [2.24, 2.45) is 0 Å². The highest BCUT2D eigenvalue weighted by atomic mass is 19.4. The zero-order chi connectivity index (χ0) is 16.5. The Kier molecular flexibility index (Phi) is 4.39. The van der Waals surface area contributed by atoms with E-state index in [0.29, 0.717) is 25.3 Å². The van der Waals surface area contributed by atoms with Crippen molar-refractivity contribution in [3.63, 3.8) is 0 Å². The quantitative estimate of drug-likeness (QED) is 0.930. The summed E-state index contributed by atoms with van der Waals surface area (Å²) in [4.78, 5) is 28.1. The van der Waals surface area contributed by atoms with Crippen molar-refractivity contribution in [1.29, 1.82) is 0 Å². The molecular formula is C14H15F3N2O3. The van der Waals surface area contributed by atoms with Gasteiger partial charge >= 0.3 is 12.1 Å². The second kappa shape index (κ2) is 5.94. The molecule has 2 rings (SSSR count). The molecule has 1 aromatic heterocycles. The lowest BCUT2D eigenvalue weighted by Gasteiger charge is -2.27. The van der Waals surface area contributed by atoms with Crippen molar-refractivity contribution in [3.8, 4) is 0 Å². The minimum Gasteiger partial charge on any atom is -0.480 e. The summed E-state index contributed by atoms with van der Waals surface area (Å²) in [6, 6.07) is 0.546. The molecule has 2 atom stereocenters. The van der Waals surface area contributed by atoms with E-state index >= 15 is 0 Å². The van der Waals surface area contributed by atoms with Gasteiger partial charge < -0.3 is 10.0 Å². The van der Waals surface area contributed by atoms with E-state index in [4.69, 9.17) is 0 Å². The summed E-state index contributed by atoms with van der Waals surface area (Å²) in [5.74, 6) is -1.85. The molecular weight excluding hydrogens is 301 g/mol. The van der Waals surface area contributed by atoms with E-state index < -0.39 is 29.8 Å². The number of hydrogen-bond donors (Lipinski definition) is 1. The highest BCUT2D eigenvalue weighted by Gasteiger charge is 2.41.